The molecule has 1 aliphatic heterocycles. The second-order valence-corrected chi connectivity index (χ2v) is 5.11. The molecule has 20 heavy (non-hydrogen) atoms. The van der Waals surface area contributed by atoms with Gasteiger partial charge in [-0.1, -0.05) is 0 Å². The van der Waals surface area contributed by atoms with Crippen molar-refractivity contribution in [1.82, 2.24) is 9.97 Å². The highest BCUT2D eigenvalue weighted by Crippen LogP contribution is 2.28. The molecule has 0 bridgehead atoms. The summed E-state index contributed by atoms with van der Waals surface area (Å²) >= 11 is 0. The Hall–Kier alpha value is -1.92. The number of fused-ring (bicyclic) bond motifs is 1. The maximum Gasteiger partial charge on any atom is 0.140 e. The molecule has 1 aromatic carbocycles. The zero-order valence-electron chi connectivity index (χ0n) is 11.4. The predicted octanol–water partition coefficient (Wildman–Crippen LogP) is 0.798. The lowest BCUT2D eigenvalue weighted by Crippen LogP contribution is -2.50. The maximum absolute atomic E-state index is 9.29. The topological polar surface area (TPSA) is 84.5 Å². The van der Waals surface area contributed by atoms with E-state index in [1.807, 2.05) is 18.2 Å². The number of aliphatic hydroxyl groups excluding tert-OH is 1. The van der Waals surface area contributed by atoms with Crippen LogP contribution in [0.3, 0.4) is 0 Å². The van der Waals surface area contributed by atoms with Crippen molar-refractivity contribution in [3.8, 4) is 0 Å². The smallest absolute Gasteiger partial charge is 0.140 e. The molecule has 0 saturated carbocycles. The molecule has 2 unspecified atom stereocenters. The van der Waals surface area contributed by atoms with Crippen LogP contribution in [0, 0.1) is 0 Å². The standard InChI is InChI=1S/C14H18N4O2/c1-9-7-20-11(6-19)5-18(9)14-12-4-10(15)2-3-13(12)16-8-17-14/h2-4,8-9,11,19H,5-7,15H2,1H3. The minimum Gasteiger partial charge on any atom is -0.399 e. The van der Waals surface area contributed by atoms with Gasteiger partial charge < -0.3 is 20.5 Å². The van der Waals surface area contributed by atoms with Crippen molar-refractivity contribution in [2.45, 2.75) is 19.1 Å². The summed E-state index contributed by atoms with van der Waals surface area (Å²) in [6, 6.07) is 5.81. The molecular formula is C14H18N4O2. The molecule has 1 fully saturated rings. The fourth-order valence-electron chi connectivity index (χ4n) is 2.51. The van der Waals surface area contributed by atoms with Crippen LogP contribution in [0.2, 0.25) is 0 Å². The maximum atomic E-state index is 9.29. The highest BCUT2D eigenvalue weighted by molar-refractivity contribution is 5.91. The first-order valence-corrected chi connectivity index (χ1v) is 6.68. The second-order valence-electron chi connectivity index (χ2n) is 5.11. The molecule has 3 rings (SSSR count). The molecule has 1 aromatic heterocycles. The lowest BCUT2D eigenvalue weighted by molar-refractivity contribution is -0.0104. The summed E-state index contributed by atoms with van der Waals surface area (Å²) in [6.07, 6.45) is 1.38. The van der Waals surface area contributed by atoms with Crippen molar-refractivity contribution in [2.75, 3.05) is 30.4 Å². The molecule has 106 valence electrons. The number of ether oxygens (including phenoxy) is 1. The monoisotopic (exact) mass is 274 g/mol. The van der Waals surface area contributed by atoms with Crippen molar-refractivity contribution >= 4 is 22.4 Å². The number of hydrogen-bond donors (Lipinski definition) is 2. The van der Waals surface area contributed by atoms with E-state index in [1.54, 1.807) is 6.33 Å². The minimum absolute atomic E-state index is 0.00831. The Morgan fingerprint density at radius 3 is 3.10 bits per heavy atom. The molecule has 0 amide bonds. The van der Waals surface area contributed by atoms with Gasteiger partial charge in [0.05, 0.1) is 30.9 Å². The van der Waals surface area contributed by atoms with E-state index in [2.05, 4.69) is 21.8 Å². The Bertz CT molecular complexity index is 619. The molecule has 1 aliphatic rings. The fourth-order valence-corrected chi connectivity index (χ4v) is 2.51. The predicted molar refractivity (Wildman–Crippen MR) is 77.6 cm³/mol. The number of aromatic nitrogens is 2. The minimum atomic E-state index is -0.183. The van der Waals surface area contributed by atoms with Crippen LogP contribution < -0.4 is 10.6 Å². The largest absolute Gasteiger partial charge is 0.399 e. The normalized spacial score (nSPS) is 23.2. The third-order valence-electron chi connectivity index (χ3n) is 3.62. The van der Waals surface area contributed by atoms with Crippen molar-refractivity contribution in [1.29, 1.82) is 0 Å². The van der Waals surface area contributed by atoms with E-state index in [4.69, 9.17) is 10.5 Å². The zero-order valence-corrected chi connectivity index (χ0v) is 11.4. The fraction of sp³-hybridized carbons (Fsp3) is 0.429. The summed E-state index contributed by atoms with van der Waals surface area (Å²) in [5.41, 5.74) is 7.42. The summed E-state index contributed by atoms with van der Waals surface area (Å²) < 4.78 is 5.57. The van der Waals surface area contributed by atoms with E-state index in [9.17, 15) is 5.11 Å². The lowest BCUT2D eigenvalue weighted by Gasteiger charge is -2.38. The van der Waals surface area contributed by atoms with Gasteiger partial charge in [-0.25, -0.2) is 9.97 Å². The van der Waals surface area contributed by atoms with Crippen LogP contribution in [0.1, 0.15) is 6.92 Å². The van der Waals surface area contributed by atoms with Crippen LogP contribution >= 0.6 is 0 Å². The molecule has 2 heterocycles. The van der Waals surface area contributed by atoms with Crippen molar-refractivity contribution < 1.29 is 9.84 Å². The summed E-state index contributed by atoms with van der Waals surface area (Å²) in [5.74, 6) is 0.844. The first-order valence-electron chi connectivity index (χ1n) is 6.68. The number of rotatable bonds is 2. The van der Waals surface area contributed by atoms with Crippen LogP contribution in [-0.2, 0) is 4.74 Å². The van der Waals surface area contributed by atoms with E-state index in [1.165, 1.54) is 0 Å². The SMILES string of the molecule is CC1COC(CO)CN1c1ncnc2ccc(N)cc12. The number of nitrogens with zero attached hydrogens (tertiary/aromatic N) is 3. The van der Waals surface area contributed by atoms with Gasteiger partial charge in [0.2, 0.25) is 0 Å². The van der Waals surface area contributed by atoms with Gasteiger partial charge >= 0.3 is 0 Å². The van der Waals surface area contributed by atoms with E-state index < -0.39 is 0 Å². The number of nitrogens with two attached hydrogens (primary N) is 1. The molecule has 2 aromatic rings. The van der Waals surface area contributed by atoms with Crippen LogP contribution in [-0.4, -0.2) is 47.0 Å². The van der Waals surface area contributed by atoms with Gasteiger partial charge in [-0.15, -0.1) is 0 Å². The molecule has 3 N–H and O–H groups in total. The summed E-state index contributed by atoms with van der Waals surface area (Å²) in [4.78, 5) is 10.8. The number of aliphatic hydroxyl groups is 1. The highest BCUT2D eigenvalue weighted by atomic mass is 16.5. The van der Waals surface area contributed by atoms with Gasteiger partial charge in [0, 0.05) is 17.6 Å². The van der Waals surface area contributed by atoms with Crippen LogP contribution in [0.5, 0.6) is 0 Å². The number of benzene rings is 1. The van der Waals surface area contributed by atoms with E-state index in [0.29, 0.717) is 18.8 Å². The van der Waals surface area contributed by atoms with Crippen molar-refractivity contribution in [3.63, 3.8) is 0 Å². The molecule has 1 saturated heterocycles. The van der Waals surface area contributed by atoms with Crippen LogP contribution in [0.25, 0.3) is 10.9 Å². The van der Waals surface area contributed by atoms with Gasteiger partial charge in [-0.05, 0) is 25.1 Å². The average Bonchev–Trinajstić information content (AvgIpc) is 2.47. The molecule has 6 nitrogen and oxygen atoms in total. The third kappa shape index (κ3) is 2.28. The third-order valence-corrected chi connectivity index (χ3v) is 3.62. The average molecular weight is 274 g/mol. The van der Waals surface area contributed by atoms with E-state index in [-0.39, 0.29) is 18.8 Å². The van der Waals surface area contributed by atoms with Gasteiger partial charge in [0.1, 0.15) is 12.1 Å². The molecule has 2 atom stereocenters. The molecule has 0 aliphatic carbocycles. The number of anilines is 2. The molecule has 6 heteroatoms. The number of hydrogen-bond acceptors (Lipinski definition) is 6. The summed E-state index contributed by atoms with van der Waals surface area (Å²) in [7, 11) is 0. The molecule has 0 radical (unpaired) electrons. The summed E-state index contributed by atoms with van der Waals surface area (Å²) in [6.45, 7) is 3.26. The van der Waals surface area contributed by atoms with Gasteiger partial charge in [0.25, 0.3) is 0 Å². The van der Waals surface area contributed by atoms with Crippen molar-refractivity contribution in [3.05, 3.63) is 24.5 Å². The first kappa shape index (κ1) is 13.1. The first-order chi connectivity index (χ1) is 9.69. The Morgan fingerprint density at radius 2 is 2.30 bits per heavy atom. The lowest BCUT2D eigenvalue weighted by atomic mass is 10.1. The quantitative estimate of drug-likeness (QED) is 0.788. The zero-order chi connectivity index (χ0) is 14.1. The van der Waals surface area contributed by atoms with Gasteiger partial charge in [-0.3, -0.25) is 0 Å². The summed E-state index contributed by atoms with van der Waals surface area (Å²) in [5, 5.41) is 10.2. The van der Waals surface area contributed by atoms with E-state index in [0.717, 1.165) is 16.7 Å². The number of morpholine rings is 1. The Labute approximate surface area is 117 Å². The Morgan fingerprint density at radius 1 is 1.45 bits per heavy atom. The highest BCUT2D eigenvalue weighted by Gasteiger charge is 2.27. The Balaban J connectivity index is 2.06. The van der Waals surface area contributed by atoms with Crippen LogP contribution in [0.15, 0.2) is 24.5 Å². The second kappa shape index (κ2) is 5.22. The Kier molecular flexibility index (Phi) is 3.42. The van der Waals surface area contributed by atoms with Gasteiger partial charge in [-0.2, -0.15) is 0 Å². The molecule has 0 spiro atoms. The van der Waals surface area contributed by atoms with Gasteiger partial charge in [0.15, 0.2) is 0 Å². The van der Waals surface area contributed by atoms with E-state index >= 15 is 0 Å². The van der Waals surface area contributed by atoms with Crippen molar-refractivity contribution in [2.24, 2.45) is 0 Å². The van der Waals surface area contributed by atoms with Crippen LogP contribution in [0.4, 0.5) is 11.5 Å². The number of nitrogen functional groups attached to an aromatic ring is 1. The molecular weight excluding hydrogens is 256 g/mol.